The summed E-state index contributed by atoms with van der Waals surface area (Å²) in [6, 6.07) is 18.4. The van der Waals surface area contributed by atoms with Crippen molar-refractivity contribution in [2.45, 2.75) is 38.8 Å². The average molecular weight is 331 g/mol. The number of hydrazone groups is 1. The lowest BCUT2D eigenvalue weighted by atomic mass is 9.95. The zero-order chi connectivity index (χ0) is 15.6. The minimum Gasteiger partial charge on any atom is -0.485 e. The number of rotatable bonds is 2. The number of fused-ring (bicyclic) bond motifs is 1. The number of para-hydroxylation sites is 1. The summed E-state index contributed by atoms with van der Waals surface area (Å²) in [6.07, 6.45) is 0.779. The minimum atomic E-state index is -0.0531. The van der Waals surface area contributed by atoms with Crippen LogP contribution in [0.1, 0.15) is 44.4 Å². The summed E-state index contributed by atoms with van der Waals surface area (Å²) in [5.74, 6) is 0.900. The van der Waals surface area contributed by atoms with E-state index in [1.165, 1.54) is 5.56 Å². The molecule has 4 heteroatoms. The third-order valence-electron chi connectivity index (χ3n) is 3.54. The summed E-state index contributed by atoms with van der Waals surface area (Å²) in [6.45, 7) is 6.32. The Morgan fingerprint density at radius 2 is 1.65 bits per heavy atom. The summed E-state index contributed by atoms with van der Waals surface area (Å²) in [4.78, 5) is 0. The van der Waals surface area contributed by atoms with Crippen LogP contribution < -0.4 is 10.2 Å². The number of ether oxygens (including phenoxy) is 1. The standard InChI is InChI=1S/C19H22N2O.ClH/c1-19(2,3)21-20-16-13-18(14-9-5-4-6-10-14)22-17-12-8-7-11-15(16)17;/h4-12,18,21H,13H2,1-3H3;1H/b20-16+;. The molecule has 1 aliphatic heterocycles. The summed E-state index contributed by atoms with van der Waals surface area (Å²) >= 11 is 0. The number of hydrogen-bond acceptors (Lipinski definition) is 3. The molecular formula is C19H23ClN2O. The molecule has 122 valence electrons. The number of benzene rings is 2. The number of halogens is 1. The van der Waals surface area contributed by atoms with Crippen LogP contribution in [0.3, 0.4) is 0 Å². The highest BCUT2D eigenvalue weighted by molar-refractivity contribution is 6.04. The molecule has 3 nitrogen and oxygen atoms in total. The van der Waals surface area contributed by atoms with Gasteiger partial charge in [0, 0.05) is 17.5 Å². The normalized spacial score (nSPS) is 18.6. The molecule has 0 aromatic heterocycles. The Morgan fingerprint density at radius 3 is 2.35 bits per heavy atom. The second-order valence-electron chi connectivity index (χ2n) is 6.64. The molecule has 0 aliphatic carbocycles. The first kappa shape index (κ1) is 17.4. The lowest BCUT2D eigenvalue weighted by Crippen LogP contribution is -2.33. The summed E-state index contributed by atoms with van der Waals surface area (Å²) in [5, 5.41) is 4.66. The summed E-state index contributed by atoms with van der Waals surface area (Å²) in [5.41, 5.74) is 6.49. The SMILES string of the molecule is CC(C)(C)N/N=C1\CC(c2ccccc2)Oc2ccccc21.Cl. The monoisotopic (exact) mass is 330 g/mol. The second kappa shape index (κ2) is 7.05. The van der Waals surface area contributed by atoms with Gasteiger partial charge in [0.05, 0.1) is 5.71 Å². The van der Waals surface area contributed by atoms with E-state index in [9.17, 15) is 0 Å². The highest BCUT2D eigenvalue weighted by Gasteiger charge is 2.26. The minimum absolute atomic E-state index is 0. The van der Waals surface area contributed by atoms with Crippen molar-refractivity contribution in [2.24, 2.45) is 5.10 Å². The topological polar surface area (TPSA) is 33.6 Å². The van der Waals surface area contributed by atoms with Gasteiger partial charge >= 0.3 is 0 Å². The molecule has 1 aliphatic rings. The highest BCUT2D eigenvalue weighted by Crippen LogP contribution is 2.34. The fourth-order valence-electron chi connectivity index (χ4n) is 2.48. The molecule has 0 radical (unpaired) electrons. The van der Waals surface area contributed by atoms with Crippen LogP contribution >= 0.6 is 12.4 Å². The molecule has 1 atom stereocenters. The summed E-state index contributed by atoms with van der Waals surface area (Å²) in [7, 11) is 0. The van der Waals surface area contributed by atoms with Gasteiger partial charge in [-0.05, 0) is 38.5 Å². The second-order valence-corrected chi connectivity index (χ2v) is 6.64. The van der Waals surface area contributed by atoms with Gasteiger partial charge in [-0.3, -0.25) is 0 Å². The Morgan fingerprint density at radius 1 is 1.00 bits per heavy atom. The van der Waals surface area contributed by atoms with E-state index in [4.69, 9.17) is 4.74 Å². The Bertz CT molecular complexity index is 677. The van der Waals surface area contributed by atoms with E-state index >= 15 is 0 Å². The highest BCUT2D eigenvalue weighted by atomic mass is 35.5. The van der Waals surface area contributed by atoms with Crippen LogP contribution in [0.5, 0.6) is 5.75 Å². The molecule has 0 amide bonds. The lowest BCUT2D eigenvalue weighted by Gasteiger charge is -2.28. The van der Waals surface area contributed by atoms with E-state index < -0.39 is 0 Å². The van der Waals surface area contributed by atoms with E-state index in [0.717, 1.165) is 23.4 Å². The van der Waals surface area contributed by atoms with Crippen molar-refractivity contribution < 1.29 is 4.74 Å². The molecule has 1 heterocycles. The van der Waals surface area contributed by atoms with Crippen molar-refractivity contribution in [1.29, 1.82) is 0 Å². The van der Waals surface area contributed by atoms with Crippen molar-refractivity contribution in [1.82, 2.24) is 5.43 Å². The van der Waals surface area contributed by atoms with Crippen LogP contribution in [0.15, 0.2) is 59.7 Å². The molecule has 0 saturated heterocycles. The molecule has 0 saturated carbocycles. The average Bonchev–Trinajstić information content (AvgIpc) is 2.52. The lowest BCUT2D eigenvalue weighted by molar-refractivity contribution is 0.206. The maximum Gasteiger partial charge on any atom is 0.129 e. The van der Waals surface area contributed by atoms with Crippen molar-refractivity contribution in [3.05, 3.63) is 65.7 Å². The van der Waals surface area contributed by atoms with Crippen molar-refractivity contribution >= 4 is 18.1 Å². The van der Waals surface area contributed by atoms with E-state index in [0.29, 0.717) is 0 Å². The van der Waals surface area contributed by atoms with E-state index in [-0.39, 0.29) is 24.0 Å². The maximum absolute atomic E-state index is 6.17. The van der Waals surface area contributed by atoms with Crippen LogP contribution in [0, 0.1) is 0 Å². The molecule has 2 aromatic carbocycles. The number of nitrogens with one attached hydrogen (secondary N) is 1. The predicted molar refractivity (Wildman–Crippen MR) is 97.5 cm³/mol. The first-order valence-electron chi connectivity index (χ1n) is 7.68. The van der Waals surface area contributed by atoms with Gasteiger partial charge in [-0.1, -0.05) is 42.5 Å². The van der Waals surface area contributed by atoms with Crippen LogP contribution in [0.2, 0.25) is 0 Å². The molecule has 0 spiro atoms. The van der Waals surface area contributed by atoms with Gasteiger partial charge < -0.3 is 10.2 Å². The fourth-order valence-corrected chi connectivity index (χ4v) is 2.48. The van der Waals surface area contributed by atoms with Gasteiger partial charge in [-0.2, -0.15) is 5.10 Å². The fraction of sp³-hybridized carbons (Fsp3) is 0.316. The van der Waals surface area contributed by atoms with E-state index in [1.54, 1.807) is 0 Å². The zero-order valence-electron chi connectivity index (χ0n) is 13.7. The zero-order valence-corrected chi connectivity index (χ0v) is 14.6. The largest absolute Gasteiger partial charge is 0.485 e. The van der Waals surface area contributed by atoms with Gasteiger partial charge in [0.2, 0.25) is 0 Å². The molecule has 0 bridgehead atoms. The molecule has 1 unspecified atom stereocenters. The first-order valence-corrected chi connectivity index (χ1v) is 7.68. The molecule has 0 fully saturated rings. The van der Waals surface area contributed by atoms with Crippen LogP contribution in [0.25, 0.3) is 0 Å². The van der Waals surface area contributed by atoms with Gasteiger partial charge in [0.15, 0.2) is 0 Å². The predicted octanol–water partition coefficient (Wildman–Crippen LogP) is 4.72. The van der Waals surface area contributed by atoms with Crippen molar-refractivity contribution in [2.75, 3.05) is 0 Å². The van der Waals surface area contributed by atoms with Crippen LogP contribution in [0.4, 0.5) is 0 Å². The van der Waals surface area contributed by atoms with Crippen molar-refractivity contribution in [3.63, 3.8) is 0 Å². The Kier molecular flexibility index (Phi) is 5.32. The third kappa shape index (κ3) is 4.26. The Labute approximate surface area is 144 Å². The Balaban J connectivity index is 0.00000192. The quantitative estimate of drug-likeness (QED) is 0.808. The van der Waals surface area contributed by atoms with Crippen LogP contribution in [-0.4, -0.2) is 11.3 Å². The third-order valence-corrected chi connectivity index (χ3v) is 3.54. The molecule has 3 rings (SSSR count). The van der Waals surface area contributed by atoms with Gasteiger partial charge in [-0.25, -0.2) is 0 Å². The first-order chi connectivity index (χ1) is 10.5. The van der Waals surface area contributed by atoms with E-state index in [2.05, 4.69) is 49.5 Å². The maximum atomic E-state index is 6.17. The molecular weight excluding hydrogens is 308 g/mol. The summed E-state index contributed by atoms with van der Waals surface area (Å²) < 4.78 is 6.17. The van der Waals surface area contributed by atoms with E-state index in [1.807, 2.05) is 36.4 Å². The van der Waals surface area contributed by atoms with Crippen LogP contribution in [-0.2, 0) is 0 Å². The molecule has 23 heavy (non-hydrogen) atoms. The smallest absolute Gasteiger partial charge is 0.129 e. The number of nitrogens with zero attached hydrogens (tertiary/aromatic N) is 1. The van der Waals surface area contributed by atoms with Gasteiger partial charge in [0.1, 0.15) is 11.9 Å². The molecule has 1 N–H and O–H groups in total. The molecule has 2 aromatic rings. The Hall–Kier alpha value is -2.00. The van der Waals surface area contributed by atoms with Gasteiger partial charge in [0.25, 0.3) is 0 Å². The van der Waals surface area contributed by atoms with Gasteiger partial charge in [-0.15, -0.1) is 12.4 Å². The van der Waals surface area contributed by atoms with Crippen molar-refractivity contribution in [3.8, 4) is 5.75 Å². The number of hydrogen-bond donors (Lipinski definition) is 1.